The van der Waals surface area contributed by atoms with Crippen molar-refractivity contribution in [2.45, 2.75) is 51.7 Å². The smallest absolute Gasteiger partial charge is 0.317 e. The van der Waals surface area contributed by atoms with Crippen LogP contribution in [-0.2, 0) is 7.05 Å². The zero-order valence-electron chi connectivity index (χ0n) is 16.9. The first-order valence-corrected chi connectivity index (χ1v) is 10.7. The lowest BCUT2D eigenvalue weighted by molar-refractivity contribution is 0.0875. The Morgan fingerprint density at radius 3 is 2.55 bits per heavy atom. The van der Waals surface area contributed by atoms with Crippen molar-refractivity contribution in [3.63, 3.8) is 0 Å². The fraction of sp³-hybridized carbons (Fsp3) is 0.429. The lowest BCUT2D eigenvalue weighted by Crippen LogP contribution is -2.40. The predicted molar refractivity (Wildman–Crippen MR) is 112 cm³/mol. The van der Waals surface area contributed by atoms with Gasteiger partial charge in [0.2, 0.25) is 0 Å². The zero-order chi connectivity index (χ0) is 20.4. The summed E-state index contributed by atoms with van der Waals surface area (Å²) in [5.41, 5.74) is 3.23. The number of hydrogen-bond acceptors (Lipinski definition) is 6. The van der Waals surface area contributed by atoms with Crippen LogP contribution in [0.25, 0.3) is 10.6 Å². The minimum atomic E-state index is -0.0789. The van der Waals surface area contributed by atoms with E-state index in [9.17, 15) is 4.79 Å². The van der Waals surface area contributed by atoms with Crippen molar-refractivity contribution in [3.05, 3.63) is 46.7 Å². The molecule has 7 nitrogen and oxygen atoms in total. The van der Waals surface area contributed by atoms with Crippen molar-refractivity contribution >= 4 is 17.2 Å². The average Bonchev–Trinajstić information content (AvgIpc) is 3.32. The van der Waals surface area contributed by atoms with Gasteiger partial charge in [-0.3, -0.25) is 9.48 Å². The Bertz CT molecular complexity index is 970. The van der Waals surface area contributed by atoms with Crippen LogP contribution in [0.5, 0.6) is 6.01 Å². The van der Waals surface area contributed by atoms with Gasteiger partial charge in [0, 0.05) is 24.5 Å². The molecule has 1 saturated carbocycles. The van der Waals surface area contributed by atoms with E-state index in [1.165, 1.54) is 0 Å². The van der Waals surface area contributed by atoms with Crippen LogP contribution in [0.15, 0.2) is 29.6 Å². The molecule has 1 N–H and O–H groups in total. The number of amides is 1. The second-order valence-corrected chi connectivity index (χ2v) is 8.46. The summed E-state index contributed by atoms with van der Waals surface area (Å²) < 4.78 is 7.62. The van der Waals surface area contributed by atoms with Crippen LogP contribution in [-0.4, -0.2) is 37.8 Å². The van der Waals surface area contributed by atoms with Crippen molar-refractivity contribution in [1.82, 2.24) is 25.1 Å². The van der Waals surface area contributed by atoms with E-state index in [0.29, 0.717) is 11.7 Å². The fourth-order valence-electron chi connectivity index (χ4n) is 3.70. The highest BCUT2D eigenvalue weighted by molar-refractivity contribution is 7.13. The summed E-state index contributed by atoms with van der Waals surface area (Å²) in [6.07, 6.45) is 3.57. The molecule has 4 rings (SSSR count). The number of aryl methyl sites for hydroxylation is 3. The number of hydrogen-bond donors (Lipinski definition) is 1. The molecule has 0 atom stereocenters. The summed E-state index contributed by atoms with van der Waals surface area (Å²) in [7, 11) is 1.81. The van der Waals surface area contributed by atoms with E-state index in [2.05, 4.69) is 20.4 Å². The van der Waals surface area contributed by atoms with E-state index in [-0.39, 0.29) is 18.1 Å². The molecule has 3 heterocycles. The first kappa shape index (κ1) is 19.6. The van der Waals surface area contributed by atoms with Gasteiger partial charge >= 0.3 is 6.01 Å². The van der Waals surface area contributed by atoms with E-state index >= 15 is 0 Å². The molecular formula is C21H25N5O2S. The third-order valence-corrected chi connectivity index (χ3v) is 6.02. The van der Waals surface area contributed by atoms with Gasteiger partial charge in [0.15, 0.2) is 0 Å². The van der Waals surface area contributed by atoms with Crippen molar-refractivity contribution in [1.29, 1.82) is 0 Å². The highest BCUT2D eigenvalue weighted by Crippen LogP contribution is 2.25. The molecule has 0 aromatic carbocycles. The maximum absolute atomic E-state index is 12.7. The Morgan fingerprint density at radius 2 is 1.90 bits per heavy atom. The summed E-state index contributed by atoms with van der Waals surface area (Å²) in [5.74, 6) is -0.0789. The monoisotopic (exact) mass is 411 g/mol. The van der Waals surface area contributed by atoms with Gasteiger partial charge < -0.3 is 10.1 Å². The SMILES string of the molecule is Cc1cc(C)nc(OC2CCC(NC(=O)c3cc(-c4cccs4)nn3C)CC2)n1. The number of aromatic nitrogens is 4. The minimum Gasteiger partial charge on any atom is -0.460 e. The molecule has 0 unspecified atom stereocenters. The number of carbonyl (C=O) groups excluding carboxylic acids is 1. The summed E-state index contributed by atoms with van der Waals surface area (Å²) in [6.45, 7) is 3.88. The number of nitrogens with zero attached hydrogens (tertiary/aromatic N) is 4. The van der Waals surface area contributed by atoms with Crippen LogP contribution in [0.1, 0.15) is 47.6 Å². The van der Waals surface area contributed by atoms with Crippen molar-refractivity contribution < 1.29 is 9.53 Å². The molecule has 1 aliphatic rings. The highest BCUT2D eigenvalue weighted by Gasteiger charge is 2.26. The minimum absolute atomic E-state index is 0.0789. The maximum Gasteiger partial charge on any atom is 0.317 e. The molecule has 0 saturated heterocycles. The summed E-state index contributed by atoms with van der Waals surface area (Å²) in [4.78, 5) is 22.5. The fourth-order valence-corrected chi connectivity index (χ4v) is 4.39. The quantitative estimate of drug-likeness (QED) is 0.693. The highest BCUT2D eigenvalue weighted by atomic mass is 32.1. The molecule has 3 aromatic heterocycles. The molecule has 1 aliphatic carbocycles. The van der Waals surface area contributed by atoms with Gasteiger partial charge in [-0.15, -0.1) is 11.3 Å². The number of ether oxygens (including phenoxy) is 1. The lowest BCUT2D eigenvalue weighted by Gasteiger charge is -2.28. The van der Waals surface area contributed by atoms with Crippen molar-refractivity contribution in [2.75, 3.05) is 0 Å². The molecule has 152 valence electrons. The summed E-state index contributed by atoms with van der Waals surface area (Å²) in [6, 6.07) is 8.37. The van der Waals surface area contributed by atoms with E-state index in [1.807, 2.05) is 43.5 Å². The Balaban J connectivity index is 1.32. The van der Waals surface area contributed by atoms with Gasteiger partial charge in [-0.05, 0) is 63.1 Å². The van der Waals surface area contributed by atoms with Gasteiger partial charge in [0.05, 0.1) is 4.88 Å². The molecule has 1 amide bonds. The molecule has 0 bridgehead atoms. The molecule has 8 heteroatoms. The van der Waals surface area contributed by atoms with Gasteiger partial charge in [-0.2, -0.15) is 5.10 Å². The third kappa shape index (κ3) is 4.64. The van der Waals surface area contributed by atoms with Crippen molar-refractivity contribution in [2.24, 2.45) is 7.05 Å². The molecular weight excluding hydrogens is 386 g/mol. The molecule has 29 heavy (non-hydrogen) atoms. The largest absolute Gasteiger partial charge is 0.460 e. The normalized spacial score (nSPS) is 19.1. The third-order valence-electron chi connectivity index (χ3n) is 5.13. The van der Waals surface area contributed by atoms with Crippen LogP contribution in [0.4, 0.5) is 0 Å². The van der Waals surface area contributed by atoms with Crippen LogP contribution in [0.2, 0.25) is 0 Å². The lowest BCUT2D eigenvalue weighted by atomic mass is 9.93. The maximum atomic E-state index is 12.7. The van der Waals surface area contributed by atoms with E-state index < -0.39 is 0 Å². The van der Waals surface area contributed by atoms with Crippen LogP contribution in [0, 0.1) is 13.8 Å². The second kappa shape index (κ2) is 8.32. The summed E-state index contributed by atoms with van der Waals surface area (Å²) in [5, 5.41) is 9.63. The van der Waals surface area contributed by atoms with Gasteiger partial charge in [0.1, 0.15) is 17.5 Å². The molecule has 0 spiro atoms. The van der Waals surface area contributed by atoms with Crippen LogP contribution >= 0.6 is 11.3 Å². The Hall–Kier alpha value is -2.74. The Kier molecular flexibility index (Phi) is 5.62. The van der Waals surface area contributed by atoms with Gasteiger partial charge in [-0.25, -0.2) is 9.97 Å². The molecule has 0 aliphatic heterocycles. The number of rotatable bonds is 5. The number of carbonyl (C=O) groups is 1. The zero-order valence-corrected chi connectivity index (χ0v) is 17.7. The van der Waals surface area contributed by atoms with Gasteiger partial charge in [0.25, 0.3) is 5.91 Å². The predicted octanol–water partition coefficient (Wildman–Crippen LogP) is 3.68. The molecule has 0 radical (unpaired) electrons. The molecule has 3 aromatic rings. The standard InChI is InChI=1S/C21H25N5O2S/c1-13-11-14(2)23-21(22-13)28-16-8-6-15(7-9-16)24-20(27)18-12-17(25-26(18)3)19-5-4-10-29-19/h4-5,10-12,15-16H,6-9H2,1-3H3,(H,24,27). The van der Waals surface area contributed by atoms with E-state index in [1.54, 1.807) is 23.1 Å². The topological polar surface area (TPSA) is 81.9 Å². The average molecular weight is 412 g/mol. The van der Waals surface area contributed by atoms with Crippen LogP contribution < -0.4 is 10.1 Å². The summed E-state index contributed by atoms with van der Waals surface area (Å²) >= 11 is 1.62. The van der Waals surface area contributed by atoms with E-state index in [4.69, 9.17) is 4.74 Å². The number of nitrogens with one attached hydrogen (secondary N) is 1. The molecule has 1 fully saturated rings. The number of thiophene rings is 1. The van der Waals surface area contributed by atoms with Crippen molar-refractivity contribution in [3.8, 4) is 16.6 Å². The van der Waals surface area contributed by atoms with Crippen LogP contribution in [0.3, 0.4) is 0 Å². The first-order valence-electron chi connectivity index (χ1n) is 9.85. The first-order chi connectivity index (χ1) is 14.0. The Labute approximate surface area is 174 Å². The second-order valence-electron chi connectivity index (χ2n) is 7.51. The van der Waals surface area contributed by atoms with Gasteiger partial charge in [-0.1, -0.05) is 6.07 Å². The van der Waals surface area contributed by atoms with E-state index in [0.717, 1.165) is 47.6 Å². The Morgan fingerprint density at radius 1 is 1.17 bits per heavy atom.